The third kappa shape index (κ3) is 2.80. The van der Waals surface area contributed by atoms with Gasteiger partial charge in [0.1, 0.15) is 0 Å². The smallest absolute Gasteiger partial charge is 0.258 e. The quantitative estimate of drug-likeness (QED) is 0.492. The van der Waals surface area contributed by atoms with Crippen LogP contribution in [0, 0.1) is 0 Å². The fourth-order valence-electron chi connectivity index (χ4n) is 0.253. The highest BCUT2D eigenvalue weighted by molar-refractivity contribution is 7.80. The van der Waals surface area contributed by atoms with Gasteiger partial charge in [0, 0.05) is 14.1 Å². The molecule has 0 amide bonds. The second-order valence-electron chi connectivity index (χ2n) is 1.59. The van der Waals surface area contributed by atoms with Crippen molar-refractivity contribution in [2.45, 2.75) is 6.92 Å². The summed E-state index contributed by atoms with van der Waals surface area (Å²) in [4.78, 5) is 1.76. The zero-order chi connectivity index (χ0) is 6.57. The summed E-state index contributed by atoms with van der Waals surface area (Å²) in [5, 5.41) is 0.549. The van der Waals surface area contributed by atoms with Gasteiger partial charge in [-0.3, -0.25) is 0 Å². The Balaban J connectivity index is 3.33. The Morgan fingerprint density at radius 3 is 2.25 bits per heavy atom. The highest BCUT2D eigenvalue weighted by Gasteiger charge is 1.94. The second kappa shape index (κ2) is 3.66. The summed E-state index contributed by atoms with van der Waals surface area (Å²) in [6.45, 7) is 2.56. The molecule has 0 unspecified atom stereocenters. The highest BCUT2D eigenvalue weighted by atomic mass is 32.1. The Labute approximate surface area is 55.4 Å². The Kier molecular flexibility index (Phi) is 3.52. The molecule has 0 N–H and O–H groups in total. The molecule has 2 nitrogen and oxygen atoms in total. The van der Waals surface area contributed by atoms with Crippen molar-refractivity contribution in [3.8, 4) is 0 Å². The van der Waals surface area contributed by atoms with Gasteiger partial charge >= 0.3 is 0 Å². The molecule has 0 aromatic heterocycles. The fraction of sp³-hybridized carbons (Fsp3) is 0.800. The minimum absolute atomic E-state index is 0.549. The van der Waals surface area contributed by atoms with Crippen LogP contribution < -0.4 is 0 Å². The van der Waals surface area contributed by atoms with E-state index in [0.717, 1.165) is 0 Å². The lowest BCUT2D eigenvalue weighted by atomic mass is 10.8. The largest absolute Gasteiger partial charge is 0.471 e. The number of thiocarbonyl (C=S) groups is 1. The summed E-state index contributed by atoms with van der Waals surface area (Å²) >= 11 is 4.78. The topological polar surface area (TPSA) is 12.5 Å². The van der Waals surface area contributed by atoms with E-state index in [1.54, 1.807) is 4.90 Å². The lowest BCUT2D eigenvalue weighted by molar-refractivity contribution is 0.287. The summed E-state index contributed by atoms with van der Waals surface area (Å²) in [6.07, 6.45) is 0. The number of hydrogen-bond donors (Lipinski definition) is 0. The zero-order valence-electron chi connectivity index (χ0n) is 5.47. The molecule has 8 heavy (non-hydrogen) atoms. The first-order valence-corrected chi connectivity index (χ1v) is 2.93. The number of nitrogens with zero attached hydrogens (tertiary/aromatic N) is 1. The van der Waals surface area contributed by atoms with E-state index >= 15 is 0 Å². The van der Waals surface area contributed by atoms with Crippen molar-refractivity contribution in [2.24, 2.45) is 0 Å². The average molecular weight is 133 g/mol. The van der Waals surface area contributed by atoms with Gasteiger partial charge in [0.2, 0.25) is 0 Å². The van der Waals surface area contributed by atoms with Crippen molar-refractivity contribution in [2.75, 3.05) is 20.7 Å². The van der Waals surface area contributed by atoms with Crippen molar-refractivity contribution < 1.29 is 4.74 Å². The van der Waals surface area contributed by atoms with Gasteiger partial charge < -0.3 is 9.64 Å². The third-order valence-electron chi connectivity index (χ3n) is 0.633. The van der Waals surface area contributed by atoms with Gasteiger partial charge in [-0.1, -0.05) is 0 Å². The maximum atomic E-state index is 4.96. The van der Waals surface area contributed by atoms with E-state index < -0.39 is 0 Å². The van der Waals surface area contributed by atoms with Crippen LogP contribution in [0.25, 0.3) is 0 Å². The van der Waals surface area contributed by atoms with E-state index in [4.69, 9.17) is 17.0 Å². The second-order valence-corrected chi connectivity index (χ2v) is 1.94. The summed E-state index contributed by atoms with van der Waals surface area (Å²) in [5.74, 6) is 0. The number of hydrogen-bond acceptors (Lipinski definition) is 2. The van der Waals surface area contributed by atoms with Gasteiger partial charge in [-0.2, -0.15) is 0 Å². The average Bonchev–Trinajstić information content (AvgIpc) is 1.67. The molecule has 0 aliphatic rings. The van der Waals surface area contributed by atoms with Gasteiger partial charge in [0.25, 0.3) is 5.17 Å². The molecule has 0 aromatic rings. The Bertz CT molecular complexity index is 82.5. The van der Waals surface area contributed by atoms with Crippen molar-refractivity contribution in [1.29, 1.82) is 0 Å². The van der Waals surface area contributed by atoms with E-state index in [9.17, 15) is 0 Å². The normalized spacial score (nSPS) is 8.38. The van der Waals surface area contributed by atoms with Gasteiger partial charge in [0.15, 0.2) is 0 Å². The van der Waals surface area contributed by atoms with E-state index in [2.05, 4.69) is 0 Å². The first kappa shape index (κ1) is 7.69. The number of ether oxygens (including phenoxy) is 1. The molecule has 0 heterocycles. The minimum atomic E-state index is 0.549. The molecule has 0 saturated carbocycles. The zero-order valence-corrected chi connectivity index (χ0v) is 6.29. The molecule has 0 aliphatic carbocycles. The van der Waals surface area contributed by atoms with Gasteiger partial charge in [-0.15, -0.1) is 0 Å². The molecular formula is C5H11NOS. The first-order chi connectivity index (χ1) is 3.68. The molecular weight excluding hydrogens is 122 g/mol. The molecule has 0 fully saturated rings. The minimum Gasteiger partial charge on any atom is -0.471 e. The molecule has 0 saturated heterocycles. The van der Waals surface area contributed by atoms with E-state index in [-0.39, 0.29) is 0 Å². The van der Waals surface area contributed by atoms with Crippen LogP contribution in [0.15, 0.2) is 0 Å². The summed E-state index contributed by atoms with van der Waals surface area (Å²) in [6, 6.07) is 0. The van der Waals surface area contributed by atoms with Crippen LogP contribution >= 0.6 is 12.2 Å². The van der Waals surface area contributed by atoms with Gasteiger partial charge in [-0.05, 0) is 19.1 Å². The van der Waals surface area contributed by atoms with Gasteiger partial charge in [0.05, 0.1) is 6.61 Å². The van der Waals surface area contributed by atoms with Crippen molar-refractivity contribution in [3.05, 3.63) is 0 Å². The molecule has 0 aliphatic heterocycles. The van der Waals surface area contributed by atoms with E-state index in [0.29, 0.717) is 11.8 Å². The van der Waals surface area contributed by atoms with Crippen molar-refractivity contribution in [1.82, 2.24) is 4.90 Å². The van der Waals surface area contributed by atoms with Crippen LogP contribution in [0.4, 0.5) is 0 Å². The van der Waals surface area contributed by atoms with E-state index in [1.165, 1.54) is 0 Å². The molecule has 0 radical (unpaired) electrons. The predicted molar refractivity (Wildman–Crippen MR) is 37.9 cm³/mol. The molecule has 0 bridgehead atoms. The van der Waals surface area contributed by atoms with Crippen LogP contribution in [0.3, 0.4) is 0 Å². The molecule has 0 atom stereocenters. The van der Waals surface area contributed by atoms with Crippen molar-refractivity contribution in [3.63, 3.8) is 0 Å². The summed E-state index contributed by atoms with van der Waals surface area (Å²) < 4.78 is 4.96. The maximum absolute atomic E-state index is 4.96. The van der Waals surface area contributed by atoms with Crippen LogP contribution in [-0.4, -0.2) is 30.8 Å². The standard InChI is InChI=1S/C5H11NOS/c1-4-7-5(8)6(2)3/h4H2,1-3H3. The molecule has 0 aromatic carbocycles. The summed E-state index contributed by atoms with van der Waals surface area (Å²) in [5.41, 5.74) is 0. The maximum Gasteiger partial charge on any atom is 0.258 e. The first-order valence-electron chi connectivity index (χ1n) is 2.52. The van der Waals surface area contributed by atoms with Gasteiger partial charge in [-0.25, -0.2) is 0 Å². The lowest BCUT2D eigenvalue weighted by Gasteiger charge is -2.11. The van der Waals surface area contributed by atoms with Crippen LogP contribution in [-0.2, 0) is 4.74 Å². The fourth-order valence-corrected chi connectivity index (χ4v) is 0.370. The van der Waals surface area contributed by atoms with Crippen LogP contribution in [0.2, 0.25) is 0 Å². The molecule has 0 spiro atoms. The highest BCUT2D eigenvalue weighted by Crippen LogP contribution is 1.84. The van der Waals surface area contributed by atoms with Crippen LogP contribution in [0.1, 0.15) is 6.92 Å². The van der Waals surface area contributed by atoms with Crippen LogP contribution in [0.5, 0.6) is 0 Å². The lowest BCUT2D eigenvalue weighted by Crippen LogP contribution is -2.22. The third-order valence-corrected chi connectivity index (χ3v) is 1.12. The molecule has 0 rings (SSSR count). The van der Waals surface area contributed by atoms with E-state index in [1.807, 2.05) is 21.0 Å². The molecule has 48 valence electrons. The molecule has 3 heteroatoms. The summed E-state index contributed by atoms with van der Waals surface area (Å²) in [7, 11) is 3.72. The predicted octanol–water partition coefficient (Wildman–Crippen LogP) is 0.869. The SMILES string of the molecule is CCOC(=S)N(C)C. The number of rotatable bonds is 1. The monoisotopic (exact) mass is 133 g/mol. The van der Waals surface area contributed by atoms with Crippen molar-refractivity contribution >= 4 is 17.4 Å². The Hall–Kier alpha value is -0.310. The Morgan fingerprint density at radius 1 is 1.62 bits per heavy atom. The Morgan fingerprint density at radius 2 is 2.12 bits per heavy atom.